The molecular formula is C27H24N4O2S2. The Labute approximate surface area is 212 Å². The molecule has 0 saturated carbocycles. The Morgan fingerprint density at radius 3 is 2.46 bits per heavy atom. The molecule has 176 valence electrons. The standard InChI is InChI=1S/C27H24N4O2S2/c1-17-9-6-7-12-21(17)31-23(32)16-35-27-20(15-28)25(22-13-8-14-34-22)24(18(2)29-27)26(33)30-19-10-4-3-5-11-19/h3-14,25,29H,16H2,1-2H3,(H,30,33)(H,31,32). The Morgan fingerprint density at radius 1 is 1.03 bits per heavy atom. The molecule has 1 aromatic heterocycles. The van der Waals surface area contributed by atoms with Crippen molar-refractivity contribution in [2.75, 3.05) is 16.4 Å². The van der Waals surface area contributed by atoms with E-state index >= 15 is 0 Å². The summed E-state index contributed by atoms with van der Waals surface area (Å²) >= 11 is 2.75. The number of para-hydroxylation sites is 2. The first kappa shape index (κ1) is 24.3. The average Bonchev–Trinajstić information content (AvgIpc) is 3.39. The number of thioether (sulfide) groups is 1. The Morgan fingerprint density at radius 2 is 1.77 bits per heavy atom. The number of rotatable bonds is 7. The molecule has 0 saturated heterocycles. The zero-order chi connectivity index (χ0) is 24.8. The molecule has 6 nitrogen and oxygen atoms in total. The Kier molecular flexibility index (Phi) is 7.70. The number of hydrogen-bond donors (Lipinski definition) is 3. The molecular weight excluding hydrogens is 476 g/mol. The van der Waals surface area contributed by atoms with E-state index in [9.17, 15) is 14.9 Å². The van der Waals surface area contributed by atoms with Crippen molar-refractivity contribution >= 4 is 46.3 Å². The van der Waals surface area contributed by atoms with Gasteiger partial charge < -0.3 is 16.0 Å². The highest BCUT2D eigenvalue weighted by molar-refractivity contribution is 8.03. The first-order valence-electron chi connectivity index (χ1n) is 11.0. The number of anilines is 2. The van der Waals surface area contributed by atoms with Gasteiger partial charge in [-0.2, -0.15) is 5.26 Å². The van der Waals surface area contributed by atoms with Crippen LogP contribution in [0.5, 0.6) is 0 Å². The highest BCUT2D eigenvalue weighted by atomic mass is 32.2. The van der Waals surface area contributed by atoms with Crippen LogP contribution in [-0.4, -0.2) is 17.6 Å². The van der Waals surface area contributed by atoms with Crippen molar-refractivity contribution in [2.24, 2.45) is 0 Å². The predicted molar refractivity (Wildman–Crippen MR) is 143 cm³/mol. The molecule has 2 amide bonds. The lowest BCUT2D eigenvalue weighted by atomic mass is 9.86. The Bertz CT molecular complexity index is 1340. The fourth-order valence-corrected chi connectivity index (χ4v) is 5.56. The van der Waals surface area contributed by atoms with Crippen LogP contribution < -0.4 is 16.0 Å². The number of allylic oxidation sites excluding steroid dienone is 2. The maximum Gasteiger partial charge on any atom is 0.254 e. The van der Waals surface area contributed by atoms with E-state index in [-0.39, 0.29) is 17.6 Å². The second-order valence-corrected chi connectivity index (χ2v) is 9.90. The number of aryl methyl sites for hydroxylation is 1. The van der Waals surface area contributed by atoms with Crippen LogP contribution in [0.4, 0.5) is 11.4 Å². The molecule has 3 N–H and O–H groups in total. The molecule has 0 aliphatic carbocycles. The van der Waals surface area contributed by atoms with E-state index in [0.717, 1.165) is 16.1 Å². The third-order valence-electron chi connectivity index (χ3n) is 5.52. The van der Waals surface area contributed by atoms with Crippen LogP contribution >= 0.6 is 23.1 Å². The fourth-order valence-electron chi connectivity index (χ4n) is 3.82. The SMILES string of the molecule is CC1=C(C(=O)Nc2ccccc2)C(c2cccs2)C(C#N)=C(SCC(=O)Nc2ccccc2C)N1. The number of nitrogens with zero attached hydrogens (tertiary/aromatic N) is 1. The molecule has 1 aliphatic heterocycles. The first-order chi connectivity index (χ1) is 17.0. The van der Waals surface area contributed by atoms with Crippen molar-refractivity contribution in [1.29, 1.82) is 5.26 Å². The largest absolute Gasteiger partial charge is 0.353 e. The molecule has 2 aromatic carbocycles. The maximum absolute atomic E-state index is 13.3. The van der Waals surface area contributed by atoms with Gasteiger partial charge in [0.05, 0.1) is 28.3 Å². The van der Waals surface area contributed by atoms with Gasteiger partial charge in [0.25, 0.3) is 5.91 Å². The maximum atomic E-state index is 13.3. The van der Waals surface area contributed by atoms with Gasteiger partial charge in [-0.05, 0) is 49.1 Å². The summed E-state index contributed by atoms with van der Waals surface area (Å²) in [5, 5.41) is 21.7. The van der Waals surface area contributed by atoms with Gasteiger partial charge in [-0.3, -0.25) is 9.59 Å². The Balaban J connectivity index is 1.58. The van der Waals surface area contributed by atoms with E-state index in [1.165, 1.54) is 23.1 Å². The lowest BCUT2D eigenvalue weighted by Crippen LogP contribution is -2.30. The first-order valence-corrected chi connectivity index (χ1v) is 12.8. The van der Waals surface area contributed by atoms with Crippen molar-refractivity contribution < 1.29 is 9.59 Å². The zero-order valence-electron chi connectivity index (χ0n) is 19.3. The summed E-state index contributed by atoms with van der Waals surface area (Å²) in [6, 6.07) is 22.9. The molecule has 1 unspecified atom stereocenters. The summed E-state index contributed by atoms with van der Waals surface area (Å²) in [6.07, 6.45) is 0. The molecule has 0 spiro atoms. The lowest BCUT2D eigenvalue weighted by Gasteiger charge is -2.29. The van der Waals surface area contributed by atoms with Crippen LogP contribution in [0, 0.1) is 18.3 Å². The minimum atomic E-state index is -0.521. The number of thiophene rings is 1. The molecule has 2 heterocycles. The second-order valence-electron chi connectivity index (χ2n) is 7.94. The summed E-state index contributed by atoms with van der Waals surface area (Å²) in [6.45, 7) is 3.76. The van der Waals surface area contributed by atoms with E-state index in [1.807, 2.05) is 86.0 Å². The molecule has 1 aliphatic rings. The van der Waals surface area contributed by atoms with E-state index in [1.54, 1.807) is 0 Å². The minimum Gasteiger partial charge on any atom is -0.353 e. The monoisotopic (exact) mass is 500 g/mol. The fraction of sp³-hybridized carbons (Fsp3) is 0.148. The van der Waals surface area contributed by atoms with Gasteiger partial charge in [0.1, 0.15) is 0 Å². The summed E-state index contributed by atoms with van der Waals surface area (Å²) in [7, 11) is 0. The Hall–Kier alpha value is -3.80. The van der Waals surface area contributed by atoms with Crippen molar-refractivity contribution in [3.8, 4) is 6.07 Å². The number of carbonyl (C=O) groups excluding carboxylic acids is 2. The van der Waals surface area contributed by atoms with Gasteiger partial charge in [-0.25, -0.2) is 0 Å². The van der Waals surface area contributed by atoms with Crippen LogP contribution in [0.3, 0.4) is 0 Å². The highest BCUT2D eigenvalue weighted by Crippen LogP contribution is 2.42. The van der Waals surface area contributed by atoms with Gasteiger partial charge >= 0.3 is 0 Å². The number of nitrogens with one attached hydrogen (secondary N) is 3. The number of amides is 2. The van der Waals surface area contributed by atoms with Crippen molar-refractivity contribution in [3.63, 3.8) is 0 Å². The summed E-state index contributed by atoms with van der Waals surface area (Å²) in [5.41, 5.74) is 3.98. The smallest absolute Gasteiger partial charge is 0.254 e. The number of hydrogen-bond acceptors (Lipinski definition) is 6. The molecule has 0 bridgehead atoms. The number of dihydropyridines is 1. The normalized spacial score (nSPS) is 15.3. The topological polar surface area (TPSA) is 94.0 Å². The van der Waals surface area contributed by atoms with Crippen molar-refractivity contribution in [2.45, 2.75) is 19.8 Å². The van der Waals surface area contributed by atoms with Crippen LogP contribution in [0.25, 0.3) is 0 Å². The van der Waals surface area contributed by atoms with E-state index in [2.05, 4.69) is 22.0 Å². The van der Waals surface area contributed by atoms with Crippen LogP contribution in [0.1, 0.15) is 23.3 Å². The average molecular weight is 501 g/mol. The summed E-state index contributed by atoms with van der Waals surface area (Å²) < 4.78 is 0. The van der Waals surface area contributed by atoms with Gasteiger partial charge in [0.15, 0.2) is 0 Å². The molecule has 1 atom stereocenters. The molecule has 8 heteroatoms. The number of carbonyl (C=O) groups is 2. The third-order valence-corrected chi connectivity index (χ3v) is 7.47. The molecule has 4 rings (SSSR count). The van der Waals surface area contributed by atoms with E-state index in [0.29, 0.717) is 27.6 Å². The quantitative estimate of drug-likeness (QED) is 0.383. The number of nitriles is 1. The number of benzene rings is 2. The summed E-state index contributed by atoms with van der Waals surface area (Å²) in [5.74, 6) is -0.837. The minimum absolute atomic E-state index is 0.123. The lowest BCUT2D eigenvalue weighted by molar-refractivity contribution is -0.114. The van der Waals surface area contributed by atoms with Gasteiger partial charge in [0, 0.05) is 27.5 Å². The van der Waals surface area contributed by atoms with E-state index in [4.69, 9.17) is 0 Å². The zero-order valence-corrected chi connectivity index (χ0v) is 20.9. The third kappa shape index (κ3) is 5.65. The molecule has 0 radical (unpaired) electrons. The van der Waals surface area contributed by atoms with Crippen LogP contribution in [-0.2, 0) is 9.59 Å². The van der Waals surface area contributed by atoms with Gasteiger partial charge in [0.2, 0.25) is 5.91 Å². The highest BCUT2D eigenvalue weighted by Gasteiger charge is 2.35. The van der Waals surface area contributed by atoms with Gasteiger partial charge in [-0.1, -0.05) is 54.2 Å². The molecule has 0 fully saturated rings. The van der Waals surface area contributed by atoms with Crippen molar-refractivity contribution in [3.05, 3.63) is 104 Å². The summed E-state index contributed by atoms with van der Waals surface area (Å²) in [4.78, 5) is 26.9. The molecule has 35 heavy (non-hydrogen) atoms. The van der Waals surface area contributed by atoms with Crippen LogP contribution in [0.15, 0.2) is 94.0 Å². The second kappa shape index (κ2) is 11.1. The predicted octanol–water partition coefficient (Wildman–Crippen LogP) is 5.76. The van der Waals surface area contributed by atoms with Gasteiger partial charge in [-0.15, -0.1) is 11.3 Å². The molecule has 3 aromatic rings. The van der Waals surface area contributed by atoms with Crippen molar-refractivity contribution in [1.82, 2.24) is 5.32 Å². The van der Waals surface area contributed by atoms with Crippen LogP contribution in [0.2, 0.25) is 0 Å². The van der Waals surface area contributed by atoms with E-state index < -0.39 is 5.92 Å².